The van der Waals surface area contributed by atoms with E-state index in [0.29, 0.717) is 6.04 Å². The van der Waals surface area contributed by atoms with Crippen molar-refractivity contribution in [1.82, 2.24) is 4.90 Å². The zero-order chi connectivity index (χ0) is 8.97. The molecule has 12 heavy (non-hydrogen) atoms. The summed E-state index contributed by atoms with van der Waals surface area (Å²) in [7, 11) is 0. The Bertz CT molecular complexity index is 167. The molecule has 0 aliphatic carbocycles. The maximum absolute atomic E-state index is 10.7. The topological polar surface area (TPSA) is 20.3 Å². The molecule has 1 aliphatic rings. The van der Waals surface area contributed by atoms with Crippen molar-refractivity contribution >= 4 is 6.29 Å². The van der Waals surface area contributed by atoms with E-state index in [2.05, 4.69) is 18.4 Å². The van der Waals surface area contributed by atoms with Gasteiger partial charge >= 0.3 is 0 Å². The van der Waals surface area contributed by atoms with Crippen LogP contribution in [0, 0.1) is 0 Å². The molecule has 0 radical (unpaired) electrons. The van der Waals surface area contributed by atoms with Gasteiger partial charge in [0, 0.05) is 6.04 Å². The van der Waals surface area contributed by atoms with E-state index in [9.17, 15) is 4.79 Å². The van der Waals surface area contributed by atoms with Gasteiger partial charge in [-0.3, -0.25) is 4.90 Å². The van der Waals surface area contributed by atoms with E-state index in [-0.39, 0.29) is 6.04 Å². The summed E-state index contributed by atoms with van der Waals surface area (Å²) in [4.78, 5) is 12.9. The second-order valence-corrected chi connectivity index (χ2v) is 3.41. The Balaban J connectivity index is 2.57. The first-order chi connectivity index (χ1) is 5.79. The molecule has 1 aliphatic heterocycles. The number of nitrogens with zero attached hydrogens (tertiary/aromatic N) is 1. The quantitative estimate of drug-likeness (QED) is 0.470. The Labute approximate surface area is 74.2 Å². The SMILES string of the molecule is C=CC(C)N1CCCCC1C=O. The van der Waals surface area contributed by atoms with Crippen LogP contribution in [0.2, 0.25) is 0 Å². The Morgan fingerprint density at radius 2 is 2.33 bits per heavy atom. The Kier molecular flexibility index (Phi) is 3.48. The smallest absolute Gasteiger partial charge is 0.137 e. The largest absolute Gasteiger partial charge is 0.302 e. The molecule has 2 atom stereocenters. The van der Waals surface area contributed by atoms with Crippen LogP contribution in [0.3, 0.4) is 0 Å². The molecule has 2 unspecified atom stereocenters. The average molecular weight is 167 g/mol. The highest BCUT2D eigenvalue weighted by Gasteiger charge is 2.23. The minimum atomic E-state index is 0.131. The van der Waals surface area contributed by atoms with Crippen LogP contribution in [0.15, 0.2) is 12.7 Å². The summed E-state index contributed by atoms with van der Waals surface area (Å²) in [5.41, 5.74) is 0. The Hall–Kier alpha value is -0.630. The molecule has 68 valence electrons. The van der Waals surface area contributed by atoms with E-state index in [0.717, 1.165) is 19.3 Å². The van der Waals surface area contributed by atoms with Gasteiger partial charge in [0.25, 0.3) is 0 Å². The number of hydrogen-bond acceptors (Lipinski definition) is 2. The van der Waals surface area contributed by atoms with Crippen LogP contribution in [0.5, 0.6) is 0 Å². The van der Waals surface area contributed by atoms with Crippen LogP contribution in [-0.4, -0.2) is 29.8 Å². The van der Waals surface area contributed by atoms with Crippen LogP contribution >= 0.6 is 0 Å². The van der Waals surface area contributed by atoms with Crippen molar-refractivity contribution in [1.29, 1.82) is 0 Å². The fourth-order valence-corrected chi connectivity index (χ4v) is 1.77. The number of carbonyl (C=O) groups excluding carboxylic acids is 1. The van der Waals surface area contributed by atoms with Gasteiger partial charge in [-0.2, -0.15) is 0 Å². The van der Waals surface area contributed by atoms with Crippen LogP contribution in [0.4, 0.5) is 0 Å². The molecule has 0 amide bonds. The summed E-state index contributed by atoms with van der Waals surface area (Å²) in [5, 5.41) is 0. The molecule has 0 saturated carbocycles. The van der Waals surface area contributed by atoms with Gasteiger partial charge < -0.3 is 4.79 Å². The van der Waals surface area contributed by atoms with Crippen LogP contribution < -0.4 is 0 Å². The van der Waals surface area contributed by atoms with Crippen LogP contribution in [0.1, 0.15) is 26.2 Å². The first-order valence-corrected chi connectivity index (χ1v) is 4.63. The van der Waals surface area contributed by atoms with Gasteiger partial charge in [-0.15, -0.1) is 6.58 Å². The third-order valence-corrected chi connectivity index (χ3v) is 2.61. The normalized spacial score (nSPS) is 27.9. The van der Waals surface area contributed by atoms with E-state index in [1.54, 1.807) is 0 Å². The van der Waals surface area contributed by atoms with Crippen LogP contribution in [-0.2, 0) is 4.79 Å². The maximum atomic E-state index is 10.7. The molecule has 0 bridgehead atoms. The summed E-state index contributed by atoms with van der Waals surface area (Å²) < 4.78 is 0. The minimum Gasteiger partial charge on any atom is -0.302 e. The van der Waals surface area contributed by atoms with E-state index < -0.39 is 0 Å². The summed E-state index contributed by atoms with van der Waals surface area (Å²) in [6, 6.07) is 0.465. The molecule has 0 N–H and O–H groups in total. The van der Waals surface area contributed by atoms with Gasteiger partial charge in [-0.1, -0.05) is 12.5 Å². The average Bonchev–Trinajstić information content (AvgIpc) is 2.16. The van der Waals surface area contributed by atoms with Gasteiger partial charge in [-0.05, 0) is 26.3 Å². The Morgan fingerprint density at radius 1 is 1.58 bits per heavy atom. The second-order valence-electron chi connectivity index (χ2n) is 3.41. The molecule has 0 aromatic rings. The lowest BCUT2D eigenvalue weighted by Gasteiger charge is -2.35. The fraction of sp³-hybridized carbons (Fsp3) is 0.700. The number of hydrogen-bond donors (Lipinski definition) is 0. The van der Waals surface area contributed by atoms with Crippen molar-refractivity contribution in [3.63, 3.8) is 0 Å². The molecule has 0 spiro atoms. The highest BCUT2D eigenvalue weighted by Crippen LogP contribution is 2.18. The summed E-state index contributed by atoms with van der Waals surface area (Å²) >= 11 is 0. The Morgan fingerprint density at radius 3 is 2.92 bits per heavy atom. The number of likely N-dealkylation sites (tertiary alicyclic amines) is 1. The maximum Gasteiger partial charge on any atom is 0.137 e. The zero-order valence-electron chi connectivity index (χ0n) is 7.70. The summed E-state index contributed by atoms with van der Waals surface area (Å²) in [6.45, 7) is 6.88. The van der Waals surface area contributed by atoms with Gasteiger partial charge in [0.15, 0.2) is 0 Å². The molecule has 2 heteroatoms. The predicted octanol–water partition coefficient (Wildman–Crippen LogP) is 1.61. The molecule has 1 rings (SSSR count). The van der Waals surface area contributed by atoms with Crippen LogP contribution in [0.25, 0.3) is 0 Å². The third kappa shape index (κ3) is 1.95. The molecule has 1 heterocycles. The van der Waals surface area contributed by atoms with Gasteiger partial charge in [0.05, 0.1) is 6.04 Å². The van der Waals surface area contributed by atoms with Crippen molar-refractivity contribution in [3.05, 3.63) is 12.7 Å². The lowest BCUT2D eigenvalue weighted by Crippen LogP contribution is -2.45. The first kappa shape index (κ1) is 9.46. The predicted molar refractivity (Wildman–Crippen MR) is 50.1 cm³/mol. The van der Waals surface area contributed by atoms with Gasteiger partial charge in [0.2, 0.25) is 0 Å². The van der Waals surface area contributed by atoms with Crippen molar-refractivity contribution in [2.24, 2.45) is 0 Å². The molecular formula is C10H17NO. The molecule has 0 aromatic heterocycles. The first-order valence-electron chi connectivity index (χ1n) is 4.63. The highest BCUT2D eigenvalue weighted by molar-refractivity contribution is 5.57. The van der Waals surface area contributed by atoms with Crippen molar-refractivity contribution in [3.8, 4) is 0 Å². The number of aldehydes is 1. The van der Waals surface area contributed by atoms with Crippen molar-refractivity contribution in [2.45, 2.75) is 38.3 Å². The number of piperidine rings is 1. The highest BCUT2D eigenvalue weighted by atomic mass is 16.1. The molecule has 0 aromatic carbocycles. The van der Waals surface area contributed by atoms with Crippen molar-refractivity contribution < 1.29 is 4.79 Å². The van der Waals surface area contributed by atoms with Crippen molar-refractivity contribution in [2.75, 3.05) is 6.54 Å². The zero-order valence-corrected chi connectivity index (χ0v) is 7.70. The fourth-order valence-electron chi connectivity index (χ4n) is 1.77. The molecular weight excluding hydrogens is 150 g/mol. The lowest BCUT2D eigenvalue weighted by molar-refractivity contribution is -0.113. The minimum absolute atomic E-state index is 0.131. The molecule has 1 saturated heterocycles. The van der Waals surface area contributed by atoms with Gasteiger partial charge in [0.1, 0.15) is 6.29 Å². The number of carbonyl (C=O) groups is 1. The lowest BCUT2D eigenvalue weighted by atomic mass is 10.0. The summed E-state index contributed by atoms with van der Waals surface area (Å²) in [6.07, 6.45) is 6.38. The van der Waals surface area contributed by atoms with Gasteiger partial charge in [-0.25, -0.2) is 0 Å². The van der Waals surface area contributed by atoms with E-state index in [1.807, 2.05) is 6.08 Å². The molecule has 2 nitrogen and oxygen atoms in total. The van der Waals surface area contributed by atoms with E-state index in [4.69, 9.17) is 0 Å². The van der Waals surface area contributed by atoms with E-state index >= 15 is 0 Å². The number of rotatable bonds is 3. The summed E-state index contributed by atoms with van der Waals surface area (Å²) in [5.74, 6) is 0. The second kappa shape index (κ2) is 4.41. The third-order valence-electron chi connectivity index (χ3n) is 2.61. The standard InChI is InChI=1S/C10H17NO/c1-3-9(2)11-7-5-4-6-10(11)8-12/h3,8-10H,1,4-7H2,2H3. The molecule has 1 fully saturated rings. The van der Waals surface area contributed by atoms with E-state index in [1.165, 1.54) is 12.8 Å². The monoisotopic (exact) mass is 167 g/mol.